The van der Waals surface area contributed by atoms with Gasteiger partial charge < -0.3 is 15.2 Å². The van der Waals surface area contributed by atoms with E-state index in [0.29, 0.717) is 36.1 Å². The van der Waals surface area contributed by atoms with Gasteiger partial charge in [-0.05, 0) is 6.07 Å². The normalized spacial score (nSPS) is 15.1. The van der Waals surface area contributed by atoms with Crippen molar-refractivity contribution in [3.8, 4) is 11.5 Å². The van der Waals surface area contributed by atoms with Gasteiger partial charge in [-0.15, -0.1) is 0 Å². The minimum absolute atomic E-state index is 0.310. The van der Waals surface area contributed by atoms with E-state index in [2.05, 4.69) is 4.72 Å². The highest BCUT2D eigenvalue weighted by atomic mass is 32.2. The van der Waals surface area contributed by atoms with Crippen LogP contribution in [0.5, 0.6) is 11.5 Å². The van der Waals surface area contributed by atoms with Gasteiger partial charge in [0.15, 0.2) is 11.5 Å². The van der Waals surface area contributed by atoms with Crippen molar-refractivity contribution in [1.82, 2.24) is 0 Å². The van der Waals surface area contributed by atoms with E-state index >= 15 is 0 Å². The zero-order valence-electron chi connectivity index (χ0n) is 9.39. The van der Waals surface area contributed by atoms with E-state index in [1.54, 1.807) is 6.07 Å². The molecule has 0 bridgehead atoms. The molecule has 0 radical (unpaired) electrons. The monoisotopic (exact) mass is 258 g/mol. The fourth-order valence-electron chi connectivity index (χ4n) is 1.57. The highest BCUT2D eigenvalue weighted by molar-refractivity contribution is 7.92. The van der Waals surface area contributed by atoms with E-state index in [9.17, 15) is 8.42 Å². The molecule has 7 heteroatoms. The Morgan fingerprint density at radius 3 is 2.71 bits per heavy atom. The molecule has 6 nitrogen and oxygen atoms in total. The Labute approximate surface area is 99.8 Å². The topological polar surface area (TPSA) is 90.7 Å². The molecule has 0 spiro atoms. The molecule has 0 saturated carbocycles. The molecule has 1 aromatic carbocycles. The van der Waals surface area contributed by atoms with Crippen LogP contribution in [-0.2, 0) is 10.0 Å². The Morgan fingerprint density at radius 2 is 2.00 bits per heavy atom. The Balaban J connectivity index is 2.47. The number of hydrogen-bond acceptors (Lipinski definition) is 5. The molecule has 2 rings (SSSR count). The van der Waals surface area contributed by atoms with Crippen LogP contribution >= 0.6 is 0 Å². The van der Waals surface area contributed by atoms with Crippen molar-refractivity contribution in [2.24, 2.45) is 0 Å². The molecule has 0 aromatic heterocycles. The molecule has 0 amide bonds. The third-order valence-corrected chi connectivity index (χ3v) is 2.76. The Bertz CT molecular complexity index is 527. The van der Waals surface area contributed by atoms with Crippen LogP contribution in [0, 0.1) is 0 Å². The molecule has 0 unspecified atom stereocenters. The first-order valence-corrected chi connectivity index (χ1v) is 7.02. The van der Waals surface area contributed by atoms with Crippen molar-refractivity contribution in [1.29, 1.82) is 0 Å². The van der Waals surface area contributed by atoms with Crippen molar-refractivity contribution in [2.75, 3.05) is 29.9 Å². The maximum Gasteiger partial charge on any atom is 0.229 e. The second-order valence-electron chi connectivity index (χ2n) is 3.82. The van der Waals surface area contributed by atoms with Crippen LogP contribution < -0.4 is 19.9 Å². The summed E-state index contributed by atoms with van der Waals surface area (Å²) in [6, 6.07) is 3.13. The molecule has 0 saturated heterocycles. The number of sulfonamides is 1. The van der Waals surface area contributed by atoms with Crippen molar-refractivity contribution in [2.45, 2.75) is 6.42 Å². The summed E-state index contributed by atoms with van der Waals surface area (Å²) in [7, 11) is -3.38. The number of nitrogens with two attached hydrogens (primary N) is 1. The maximum absolute atomic E-state index is 11.2. The fraction of sp³-hybridized carbons (Fsp3) is 0.400. The summed E-state index contributed by atoms with van der Waals surface area (Å²) in [6.07, 6.45) is 1.81. The average molecular weight is 258 g/mol. The number of benzene rings is 1. The fourth-order valence-corrected chi connectivity index (χ4v) is 2.12. The van der Waals surface area contributed by atoms with Crippen LogP contribution in [0.15, 0.2) is 12.1 Å². The summed E-state index contributed by atoms with van der Waals surface area (Å²) in [5.41, 5.74) is 6.41. The number of fused-ring (bicyclic) bond motifs is 1. The second kappa shape index (κ2) is 4.33. The summed E-state index contributed by atoms with van der Waals surface area (Å²) >= 11 is 0. The van der Waals surface area contributed by atoms with Gasteiger partial charge in [-0.3, -0.25) is 4.72 Å². The molecule has 17 heavy (non-hydrogen) atoms. The van der Waals surface area contributed by atoms with E-state index in [1.165, 1.54) is 6.07 Å². The SMILES string of the molecule is CS(=O)(=O)Nc1cc(N)cc2c1OCCCO2. The van der Waals surface area contributed by atoms with Gasteiger partial charge in [0, 0.05) is 18.2 Å². The molecular weight excluding hydrogens is 244 g/mol. The summed E-state index contributed by atoms with van der Waals surface area (Å²) in [6.45, 7) is 1.00. The molecule has 1 aliphatic rings. The minimum atomic E-state index is -3.38. The van der Waals surface area contributed by atoms with Gasteiger partial charge in [-0.2, -0.15) is 0 Å². The molecule has 0 fully saturated rings. The van der Waals surface area contributed by atoms with Crippen LogP contribution in [0.4, 0.5) is 11.4 Å². The highest BCUT2D eigenvalue weighted by Gasteiger charge is 2.18. The first kappa shape index (κ1) is 11.8. The van der Waals surface area contributed by atoms with Crippen molar-refractivity contribution in [3.63, 3.8) is 0 Å². The lowest BCUT2D eigenvalue weighted by molar-refractivity contribution is 0.297. The van der Waals surface area contributed by atoms with Gasteiger partial charge in [0.05, 0.1) is 25.2 Å². The quantitative estimate of drug-likeness (QED) is 0.766. The van der Waals surface area contributed by atoms with Gasteiger partial charge in [-0.25, -0.2) is 8.42 Å². The molecule has 0 atom stereocenters. The van der Waals surface area contributed by atoms with Gasteiger partial charge in [0.2, 0.25) is 10.0 Å². The lowest BCUT2D eigenvalue weighted by Crippen LogP contribution is -2.11. The lowest BCUT2D eigenvalue weighted by atomic mass is 10.2. The zero-order valence-corrected chi connectivity index (χ0v) is 10.2. The molecule has 1 aliphatic heterocycles. The number of nitrogen functional groups attached to an aromatic ring is 1. The third-order valence-electron chi connectivity index (χ3n) is 2.17. The third kappa shape index (κ3) is 2.94. The number of anilines is 2. The molecular formula is C10H14N2O4S. The molecule has 3 N–H and O–H groups in total. The molecule has 1 aromatic rings. The Hall–Kier alpha value is -1.63. The summed E-state index contributed by atoms with van der Waals surface area (Å²) in [5, 5.41) is 0. The minimum Gasteiger partial charge on any atom is -0.489 e. The number of nitrogens with one attached hydrogen (secondary N) is 1. The van der Waals surface area contributed by atoms with E-state index in [1.807, 2.05) is 0 Å². The predicted octanol–water partition coefficient (Wildman–Crippen LogP) is 0.802. The van der Waals surface area contributed by atoms with Gasteiger partial charge in [0.25, 0.3) is 0 Å². The Kier molecular flexibility index (Phi) is 3.01. The summed E-state index contributed by atoms with van der Waals surface area (Å²) in [5.74, 6) is 0.857. The van der Waals surface area contributed by atoms with Crippen LogP contribution in [0.2, 0.25) is 0 Å². The highest BCUT2D eigenvalue weighted by Crippen LogP contribution is 2.39. The van der Waals surface area contributed by atoms with Crippen LogP contribution in [-0.4, -0.2) is 27.9 Å². The lowest BCUT2D eigenvalue weighted by Gasteiger charge is -2.14. The number of hydrogen-bond donors (Lipinski definition) is 2. The maximum atomic E-state index is 11.2. The Morgan fingerprint density at radius 1 is 1.29 bits per heavy atom. The van der Waals surface area contributed by atoms with Crippen LogP contribution in [0.1, 0.15) is 6.42 Å². The molecule has 1 heterocycles. The summed E-state index contributed by atoms with van der Waals surface area (Å²) < 4.78 is 35.8. The largest absolute Gasteiger partial charge is 0.489 e. The smallest absolute Gasteiger partial charge is 0.229 e. The van der Waals surface area contributed by atoms with Gasteiger partial charge in [0.1, 0.15) is 0 Å². The first-order chi connectivity index (χ1) is 7.96. The van der Waals surface area contributed by atoms with E-state index < -0.39 is 10.0 Å². The van der Waals surface area contributed by atoms with Crippen molar-refractivity contribution in [3.05, 3.63) is 12.1 Å². The van der Waals surface area contributed by atoms with Crippen molar-refractivity contribution < 1.29 is 17.9 Å². The van der Waals surface area contributed by atoms with Crippen LogP contribution in [0.3, 0.4) is 0 Å². The van der Waals surface area contributed by atoms with Crippen molar-refractivity contribution >= 4 is 21.4 Å². The summed E-state index contributed by atoms with van der Waals surface area (Å²) in [4.78, 5) is 0. The number of rotatable bonds is 2. The standard InChI is InChI=1S/C10H14N2O4S/c1-17(13,14)12-8-5-7(11)6-9-10(8)16-4-2-3-15-9/h5-6,12H,2-4,11H2,1H3. The van der Waals surface area contributed by atoms with Gasteiger partial charge in [-0.1, -0.05) is 0 Å². The van der Waals surface area contributed by atoms with E-state index in [-0.39, 0.29) is 0 Å². The predicted molar refractivity (Wildman–Crippen MR) is 64.9 cm³/mol. The number of ether oxygens (including phenoxy) is 2. The first-order valence-electron chi connectivity index (χ1n) is 5.12. The van der Waals surface area contributed by atoms with E-state index in [4.69, 9.17) is 15.2 Å². The molecule has 94 valence electrons. The van der Waals surface area contributed by atoms with Gasteiger partial charge >= 0.3 is 0 Å². The van der Waals surface area contributed by atoms with E-state index in [0.717, 1.165) is 12.7 Å². The van der Waals surface area contributed by atoms with Crippen LogP contribution in [0.25, 0.3) is 0 Å². The zero-order chi connectivity index (χ0) is 12.5. The molecule has 0 aliphatic carbocycles. The second-order valence-corrected chi connectivity index (χ2v) is 5.57. The average Bonchev–Trinajstić information content (AvgIpc) is 2.39.